The number of hydrogen-bond acceptors (Lipinski definition) is 4. The van der Waals surface area contributed by atoms with E-state index in [2.05, 4.69) is 15.9 Å². The van der Waals surface area contributed by atoms with E-state index in [4.69, 9.17) is 9.73 Å². The van der Waals surface area contributed by atoms with Gasteiger partial charge in [-0.15, -0.1) is 11.8 Å². The molecule has 0 saturated carbocycles. The molecule has 0 aliphatic carbocycles. The van der Waals surface area contributed by atoms with E-state index >= 15 is 0 Å². The molecule has 0 spiro atoms. The first-order valence-corrected chi connectivity index (χ1v) is 10.2. The highest BCUT2D eigenvalue weighted by atomic mass is 79.9. The van der Waals surface area contributed by atoms with Crippen molar-refractivity contribution in [2.75, 3.05) is 19.0 Å². The van der Waals surface area contributed by atoms with Crippen molar-refractivity contribution in [3.05, 3.63) is 69.9 Å². The maximum Gasteiger partial charge on any atom is 0.169 e. The molecule has 0 aromatic heterocycles. The lowest BCUT2D eigenvalue weighted by atomic mass is 9.81. The summed E-state index contributed by atoms with van der Waals surface area (Å²) in [6.45, 7) is 0.900. The van der Waals surface area contributed by atoms with Crippen LogP contribution in [0.15, 0.2) is 58.0 Å². The lowest BCUT2D eigenvalue weighted by Crippen LogP contribution is -2.39. The number of ether oxygens (including phenoxy) is 1. The number of benzene rings is 2. The molecule has 6 heteroatoms. The van der Waals surface area contributed by atoms with E-state index < -0.39 is 5.54 Å². The molecule has 1 fully saturated rings. The van der Waals surface area contributed by atoms with E-state index in [-0.39, 0.29) is 23.9 Å². The smallest absolute Gasteiger partial charge is 0.169 e. The van der Waals surface area contributed by atoms with E-state index in [0.717, 1.165) is 15.3 Å². The lowest BCUT2D eigenvalue weighted by molar-refractivity contribution is 0.100. The van der Waals surface area contributed by atoms with Gasteiger partial charge in [-0.3, -0.25) is 9.79 Å². The third kappa shape index (κ3) is 3.26. The summed E-state index contributed by atoms with van der Waals surface area (Å²) in [5.74, 6) is 0.617. The number of halogens is 2. The van der Waals surface area contributed by atoms with Crippen molar-refractivity contribution < 1.29 is 13.9 Å². The zero-order valence-electron chi connectivity index (χ0n) is 14.0. The average Bonchev–Trinajstić information content (AvgIpc) is 3.08. The Morgan fingerprint density at radius 3 is 2.92 bits per heavy atom. The number of Topliss-reactive ketones (excluding diaryl/α,β-unsaturated/α-hetero) is 1. The van der Waals surface area contributed by atoms with Crippen LogP contribution >= 0.6 is 27.7 Å². The normalized spacial score (nSPS) is 24.8. The number of rotatable bonds is 4. The van der Waals surface area contributed by atoms with Gasteiger partial charge in [-0.1, -0.05) is 46.3 Å². The number of nitrogens with zero attached hydrogens (tertiary/aromatic N) is 1. The average molecular weight is 434 g/mol. The third-order valence-corrected chi connectivity index (χ3v) is 6.53. The molecule has 0 amide bonds. The molecule has 2 heterocycles. The number of carbonyl (C=O) groups excluding carboxylic acids is 1. The molecule has 2 aliphatic heterocycles. The van der Waals surface area contributed by atoms with Crippen molar-refractivity contribution >= 4 is 38.5 Å². The molecule has 1 saturated heterocycles. The quantitative estimate of drug-likeness (QED) is 0.646. The first kappa shape index (κ1) is 17.9. The van der Waals surface area contributed by atoms with Crippen molar-refractivity contribution in [2.24, 2.45) is 10.9 Å². The topological polar surface area (TPSA) is 38.7 Å². The summed E-state index contributed by atoms with van der Waals surface area (Å²) < 4.78 is 21.1. The summed E-state index contributed by atoms with van der Waals surface area (Å²) >= 11 is 5.01. The third-order valence-electron chi connectivity index (χ3n) is 4.89. The second-order valence-electron chi connectivity index (χ2n) is 6.54. The zero-order chi connectivity index (χ0) is 18.1. The Morgan fingerprint density at radius 2 is 2.12 bits per heavy atom. The summed E-state index contributed by atoms with van der Waals surface area (Å²) in [6, 6.07) is 14.1. The summed E-state index contributed by atoms with van der Waals surface area (Å²) in [7, 11) is 0. The summed E-state index contributed by atoms with van der Waals surface area (Å²) in [5, 5.41) is 0.750. The van der Waals surface area contributed by atoms with Gasteiger partial charge < -0.3 is 4.74 Å². The Hall–Kier alpha value is -1.50. The van der Waals surface area contributed by atoms with Crippen LogP contribution in [-0.2, 0) is 10.3 Å². The van der Waals surface area contributed by atoms with Crippen LogP contribution in [0.25, 0.3) is 0 Å². The highest BCUT2D eigenvalue weighted by Crippen LogP contribution is 2.46. The molecule has 0 unspecified atom stereocenters. The molecule has 2 aromatic carbocycles. The Kier molecular flexibility index (Phi) is 4.99. The predicted molar refractivity (Wildman–Crippen MR) is 105 cm³/mol. The van der Waals surface area contributed by atoms with Crippen LogP contribution in [0, 0.1) is 11.7 Å². The SMILES string of the molecule is O=C(CC1=N[C@]2(c3cc(Br)ccc3F)COC[C@@H]2CS1)c1ccccc1. The van der Waals surface area contributed by atoms with Crippen LogP contribution in [0.3, 0.4) is 0 Å². The van der Waals surface area contributed by atoms with E-state index in [1.165, 1.54) is 6.07 Å². The van der Waals surface area contributed by atoms with Gasteiger partial charge in [0, 0.05) is 27.3 Å². The van der Waals surface area contributed by atoms with Gasteiger partial charge in [0.25, 0.3) is 0 Å². The van der Waals surface area contributed by atoms with E-state index in [1.54, 1.807) is 23.9 Å². The van der Waals surface area contributed by atoms with Crippen LogP contribution in [0.5, 0.6) is 0 Å². The molecule has 3 nitrogen and oxygen atoms in total. The molecule has 4 rings (SSSR count). The fraction of sp³-hybridized carbons (Fsp3) is 0.300. The molecular weight excluding hydrogens is 417 g/mol. The van der Waals surface area contributed by atoms with Crippen molar-refractivity contribution in [1.82, 2.24) is 0 Å². The predicted octanol–water partition coefficient (Wildman–Crippen LogP) is 4.85. The fourth-order valence-electron chi connectivity index (χ4n) is 3.51. The Bertz CT molecular complexity index is 873. The Labute approximate surface area is 164 Å². The van der Waals surface area contributed by atoms with E-state index in [9.17, 15) is 9.18 Å². The molecule has 2 aromatic rings. The summed E-state index contributed by atoms with van der Waals surface area (Å²) in [5.41, 5.74) is 0.466. The standard InChI is InChI=1S/C20H17BrFNO2S/c21-15-6-7-17(22)16(8-15)20-12-25-10-14(20)11-26-19(23-20)9-18(24)13-4-2-1-3-5-13/h1-8,14H,9-12H2/t14-,20-/m1/s1. The minimum absolute atomic E-state index is 0.0269. The number of fused-ring (bicyclic) bond motifs is 1. The number of ketones is 1. The van der Waals surface area contributed by atoms with Gasteiger partial charge in [-0.05, 0) is 18.2 Å². The van der Waals surface area contributed by atoms with Gasteiger partial charge in [0.05, 0.1) is 24.7 Å². The monoisotopic (exact) mass is 433 g/mol. The first-order valence-electron chi connectivity index (χ1n) is 8.41. The van der Waals surface area contributed by atoms with Crippen LogP contribution in [0.1, 0.15) is 22.3 Å². The van der Waals surface area contributed by atoms with Crippen LogP contribution in [0.4, 0.5) is 4.39 Å². The number of aliphatic imine (C=N–C) groups is 1. The Morgan fingerprint density at radius 1 is 1.31 bits per heavy atom. The molecule has 0 bridgehead atoms. The van der Waals surface area contributed by atoms with Gasteiger partial charge in [0.1, 0.15) is 11.4 Å². The zero-order valence-corrected chi connectivity index (χ0v) is 16.4. The summed E-state index contributed by atoms with van der Waals surface area (Å²) in [6.07, 6.45) is 0.235. The van der Waals surface area contributed by atoms with Gasteiger partial charge in [0.15, 0.2) is 5.78 Å². The maximum atomic E-state index is 14.6. The van der Waals surface area contributed by atoms with E-state index in [1.807, 2.05) is 30.3 Å². The minimum Gasteiger partial charge on any atom is -0.378 e. The first-order chi connectivity index (χ1) is 12.6. The van der Waals surface area contributed by atoms with Gasteiger partial charge in [0.2, 0.25) is 0 Å². The van der Waals surface area contributed by atoms with Gasteiger partial charge in [-0.2, -0.15) is 0 Å². The molecule has 2 atom stereocenters. The highest BCUT2D eigenvalue weighted by molar-refractivity contribution is 9.10. The lowest BCUT2D eigenvalue weighted by Gasteiger charge is -2.35. The molecule has 26 heavy (non-hydrogen) atoms. The molecule has 0 N–H and O–H groups in total. The van der Waals surface area contributed by atoms with Crippen molar-refractivity contribution in [2.45, 2.75) is 12.0 Å². The molecular formula is C20H17BrFNO2S. The second kappa shape index (κ2) is 7.25. The number of thioether (sulfide) groups is 1. The molecule has 134 valence electrons. The number of hydrogen-bond donors (Lipinski definition) is 0. The highest BCUT2D eigenvalue weighted by Gasteiger charge is 2.49. The fourth-order valence-corrected chi connectivity index (χ4v) is 5.10. The van der Waals surface area contributed by atoms with Crippen molar-refractivity contribution in [1.29, 1.82) is 0 Å². The second-order valence-corrected chi connectivity index (χ2v) is 8.55. The van der Waals surface area contributed by atoms with E-state index in [0.29, 0.717) is 24.3 Å². The molecule has 2 aliphatic rings. The Balaban J connectivity index is 1.69. The molecule has 0 radical (unpaired) electrons. The van der Waals surface area contributed by atoms with Gasteiger partial charge in [-0.25, -0.2) is 4.39 Å². The maximum absolute atomic E-state index is 14.6. The van der Waals surface area contributed by atoms with Crippen LogP contribution < -0.4 is 0 Å². The largest absolute Gasteiger partial charge is 0.378 e. The van der Waals surface area contributed by atoms with Crippen molar-refractivity contribution in [3.8, 4) is 0 Å². The van der Waals surface area contributed by atoms with Gasteiger partial charge >= 0.3 is 0 Å². The van der Waals surface area contributed by atoms with Crippen molar-refractivity contribution in [3.63, 3.8) is 0 Å². The van der Waals surface area contributed by atoms with Crippen LogP contribution in [0.2, 0.25) is 0 Å². The summed E-state index contributed by atoms with van der Waals surface area (Å²) in [4.78, 5) is 17.4. The minimum atomic E-state index is -0.745. The number of carbonyl (C=O) groups is 1. The van der Waals surface area contributed by atoms with Crippen LogP contribution in [-0.4, -0.2) is 29.8 Å².